The second-order valence-corrected chi connectivity index (χ2v) is 10.5. The molecular formula is C34H27N5O4. The van der Waals surface area contributed by atoms with E-state index in [0.717, 1.165) is 5.56 Å². The number of nitro benzene ring substituents is 1. The van der Waals surface area contributed by atoms with Gasteiger partial charge in [0.05, 0.1) is 4.92 Å². The first-order valence-electron chi connectivity index (χ1n) is 13.8. The highest BCUT2D eigenvalue weighted by molar-refractivity contribution is 5.89. The first kappa shape index (κ1) is 26.2. The van der Waals surface area contributed by atoms with Crippen molar-refractivity contribution >= 4 is 27.5 Å². The zero-order chi connectivity index (χ0) is 29.5. The van der Waals surface area contributed by atoms with E-state index in [9.17, 15) is 10.1 Å². The summed E-state index contributed by atoms with van der Waals surface area (Å²) in [7, 11) is 4.18. The van der Waals surface area contributed by atoms with Crippen LogP contribution in [0.5, 0.6) is 5.75 Å². The van der Waals surface area contributed by atoms with Crippen molar-refractivity contribution in [3.63, 3.8) is 0 Å². The molecule has 212 valence electrons. The van der Waals surface area contributed by atoms with E-state index in [1.165, 1.54) is 45.1 Å². The van der Waals surface area contributed by atoms with Crippen LogP contribution in [0.4, 0.5) is 5.69 Å². The number of rotatable bonds is 8. The number of nitro groups is 1. The van der Waals surface area contributed by atoms with E-state index in [2.05, 4.69) is 106 Å². The van der Waals surface area contributed by atoms with E-state index in [1.807, 2.05) is 12.1 Å². The smallest absolute Gasteiger partial charge is 0.269 e. The van der Waals surface area contributed by atoms with Crippen LogP contribution in [0.25, 0.3) is 33.3 Å². The predicted octanol–water partition coefficient (Wildman–Crippen LogP) is 7.39. The van der Waals surface area contributed by atoms with Crippen LogP contribution >= 0.6 is 0 Å². The second kappa shape index (κ2) is 10.6. The lowest BCUT2D eigenvalue weighted by atomic mass is 9.85. The maximum absolute atomic E-state index is 10.9. The fourth-order valence-electron chi connectivity index (χ4n) is 5.79. The number of aryl methyl sites for hydroxylation is 2. The number of para-hydroxylation sites is 2. The third-order valence-corrected chi connectivity index (χ3v) is 7.85. The summed E-state index contributed by atoms with van der Waals surface area (Å²) < 4.78 is 16.1. The van der Waals surface area contributed by atoms with Crippen LogP contribution in [0.2, 0.25) is 0 Å². The zero-order valence-corrected chi connectivity index (χ0v) is 23.5. The molecule has 0 atom stereocenters. The van der Waals surface area contributed by atoms with Crippen LogP contribution in [0.3, 0.4) is 0 Å². The molecule has 0 saturated carbocycles. The van der Waals surface area contributed by atoms with Crippen LogP contribution in [0, 0.1) is 10.1 Å². The van der Waals surface area contributed by atoms with Crippen molar-refractivity contribution in [2.45, 2.75) is 12.5 Å². The zero-order valence-electron chi connectivity index (χ0n) is 23.5. The molecular weight excluding hydrogens is 542 g/mol. The molecule has 0 aliphatic heterocycles. The number of non-ortho nitro benzene ring substituents is 1. The topological polar surface area (TPSA) is 101 Å². The van der Waals surface area contributed by atoms with E-state index in [0.29, 0.717) is 17.2 Å². The molecule has 9 heteroatoms. The summed E-state index contributed by atoms with van der Waals surface area (Å²) in [6.45, 7) is 0.0927. The highest BCUT2D eigenvalue weighted by Crippen LogP contribution is 2.41. The maximum atomic E-state index is 10.9. The summed E-state index contributed by atoms with van der Waals surface area (Å²) in [5.74, 6) is 1.26. The fourth-order valence-corrected chi connectivity index (χ4v) is 5.79. The summed E-state index contributed by atoms with van der Waals surface area (Å²) in [5, 5.41) is 21.5. The van der Waals surface area contributed by atoms with Crippen molar-refractivity contribution in [2.24, 2.45) is 14.1 Å². The average molecular weight is 570 g/mol. The molecule has 0 saturated heterocycles. The number of ether oxygens (including phenoxy) is 1. The SMILES string of the molecule is Cn1cc(C(c2ccc(OCc3nnc(-c4ccc([N+](=O)[O-])cc4)o3)cc2)c2cn(C)c3ccccc23)c2ccccc21. The average Bonchev–Trinajstić information content (AvgIpc) is 3.74. The molecule has 43 heavy (non-hydrogen) atoms. The van der Waals surface area contributed by atoms with Crippen molar-refractivity contribution in [3.8, 4) is 17.2 Å². The predicted molar refractivity (Wildman–Crippen MR) is 164 cm³/mol. The van der Waals surface area contributed by atoms with E-state index in [-0.39, 0.29) is 24.1 Å². The molecule has 0 aliphatic carbocycles. The molecule has 3 aromatic heterocycles. The molecule has 0 aliphatic rings. The summed E-state index contributed by atoms with van der Waals surface area (Å²) in [6.07, 6.45) is 4.47. The number of benzene rings is 4. The molecule has 7 rings (SSSR count). The molecule has 0 radical (unpaired) electrons. The molecule has 0 N–H and O–H groups in total. The third-order valence-electron chi connectivity index (χ3n) is 7.85. The van der Waals surface area contributed by atoms with Crippen LogP contribution in [0.1, 0.15) is 28.5 Å². The lowest BCUT2D eigenvalue weighted by Crippen LogP contribution is -2.03. The highest BCUT2D eigenvalue weighted by atomic mass is 16.6. The van der Waals surface area contributed by atoms with Crippen LogP contribution < -0.4 is 4.74 Å². The van der Waals surface area contributed by atoms with Gasteiger partial charge in [0.25, 0.3) is 11.6 Å². The number of nitrogens with zero attached hydrogens (tertiary/aromatic N) is 5. The number of hydrogen-bond donors (Lipinski definition) is 0. The molecule has 4 aromatic carbocycles. The minimum Gasteiger partial charge on any atom is -0.484 e. The van der Waals surface area contributed by atoms with Gasteiger partial charge in [-0.15, -0.1) is 10.2 Å². The molecule has 0 fully saturated rings. The minimum absolute atomic E-state index is 0.00147. The van der Waals surface area contributed by atoms with Gasteiger partial charge in [-0.25, -0.2) is 0 Å². The van der Waals surface area contributed by atoms with E-state index >= 15 is 0 Å². The fraction of sp³-hybridized carbons (Fsp3) is 0.118. The Morgan fingerprint density at radius 1 is 0.791 bits per heavy atom. The Balaban J connectivity index is 1.17. The third kappa shape index (κ3) is 4.80. The Labute approximate surface area is 246 Å². The van der Waals surface area contributed by atoms with Crippen LogP contribution in [-0.4, -0.2) is 24.3 Å². The monoisotopic (exact) mass is 569 g/mol. The lowest BCUT2D eigenvalue weighted by Gasteiger charge is -2.18. The van der Waals surface area contributed by atoms with Gasteiger partial charge in [-0.3, -0.25) is 10.1 Å². The number of aromatic nitrogens is 4. The van der Waals surface area contributed by atoms with Gasteiger partial charge in [-0.1, -0.05) is 48.5 Å². The Bertz CT molecular complexity index is 2010. The van der Waals surface area contributed by atoms with Gasteiger partial charge in [-0.05, 0) is 53.1 Å². The lowest BCUT2D eigenvalue weighted by molar-refractivity contribution is -0.384. The van der Waals surface area contributed by atoms with Crippen molar-refractivity contribution < 1.29 is 14.1 Å². The van der Waals surface area contributed by atoms with Crippen LogP contribution in [-0.2, 0) is 20.7 Å². The quantitative estimate of drug-likeness (QED) is 0.140. The number of fused-ring (bicyclic) bond motifs is 2. The van der Waals surface area contributed by atoms with Crippen molar-refractivity contribution in [2.75, 3.05) is 0 Å². The standard InChI is InChI=1S/C34H27N5O4/c1-37-19-28(26-7-3-5-9-30(26)37)33(29-20-38(2)31-10-6-4-8-27(29)31)22-13-17-25(18-14-22)42-21-32-35-36-34(43-32)23-11-15-24(16-12-23)39(40)41/h3-20,33H,21H2,1-2H3. The van der Waals surface area contributed by atoms with Gasteiger partial charge >= 0.3 is 0 Å². The van der Waals surface area contributed by atoms with Crippen LogP contribution in [0.15, 0.2) is 114 Å². The largest absolute Gasteiger partial charge is 0.484 e. The summed E-state index contributed by atoms with van der Waals surface area (Å²) in [4.78, 5) is 10.5. The molecule has 0 unspecified atom stereocenters. The first-order valence-corrected chi connectivity index (χ1v) is 13.8. The maximum Gasteiger partial charge on any atom is 0.269 e. The molecule has 0 bridgehead atoms. The normalized spacial score (nSPS) is 11.5. The van der Waals surface area contributed by atoms with E-state index < -0.39 is 4.92 Å². The van der Waals surface area contributed by atoms with E-state index in [4.69, 9.17) is 9.15 Å². The minimum atomic E-state index is -0.450. The van der Waals surface area contributed by atoms with Gasteiger partial charge < -0.3 is 18.3 Å². The second-order valence-electron chi connectivity index (χ2n) is 10.5. The molecule has 7 aromatic rings. The Morgan fingerprint density at radius 3 is 1.95 bits per heavy atom. The van der Waals surface area contributed by atoms with E-state index in [1.54, 1.807) is 12.1 Å². The Hall–Kier alpha value is -5.70. The van der Waals surface area contributed by atoms with Gasteiger partial charge in [0.2, 0.25) is 5.89 Å². The van der Waals surface area contributed by atoms with Crippen molar-refractivity contribution in [1.29, 1.82) is 0 Å². The summed E-state index contributed by atoms with van der Waals surface area (Å²) in [5.41, 5.74) is 6.62. The highest BCUT2D eigenvalue weighted by Gasteiger charge is 2.24. The summed E-state index contributed by atoms with van der Waals surface area (Å²) >= 11 is 0. The van der Waals surface area contributed by atoms with Gasteiger partial charge in [0, 0.05) is 71.9 Å². The first-order chi connectivity index (χ1) is 21.0. The Kier molecular flexibility index (Phi) is 6.47. The van der Waals surface area contributed by atoms with Gasteiger partial charge in [-0.2, -0.15) is 0 Å². The molecule has 0 amide bonds. The van der Waals surface area contributed by atoms with Gasteiger partial charge in [0.15, 0.2) is 6.61 Å². The van der Waals surface area contributed by atoms with Crippen molar-refractivity contribution in [1.82, 2.24) is 19.3 Å². The summed E-state index contributed by atoms with van der Waals surface area (Å²) in [6, 6.07) is 31.1. The number of hydrogen-bond acceptors (Lipinski definition) is 6. The van der Waals surface area contributed by atoms with Crippen molar-refractivity contribution in [3.05, 3.63) is 142 Å². The molecule has 3 heterocycles. The molecule has 0 spiro atoms. The van der Waals surface area contributed by atoms with Gasteiger partial charge in [0.1, 0.15) is 5.75 Å². The Morgan fingerprint density at radius 2 is 1.37 bits per heavy atom. The molecule has 9 nitrogen and oxygen atoms in total.